The van der Waals surface area contributed by atoms with Gasteiger partial charge >= 0.3 is 6.03 Å². The number of carbonyl (C=O) groups is 1. The van der Waals surface area contributed by atoms with Crippen molar-refractivity contribution in [1.82, 2.24) is 10.3 Å². The molecule has 1 saturated heterocycles. The van der Waals surface area contributed by atoms with Crippen LogP contribution in [0, 0.1) is 5.92 Å². The van der Waals surface area contributed by atoms with Gasteiger partial charge in [-0.3, -0.25) is 5.32 Å². The molecular formula is C18H21ClN4O. The summed E-state index contributed by atoms with van der Waals surface area (Å²) in [4.78, 5) is 16.0. The van der Waals surface area contributed by atoms with Gasteiger partial charge in [-0.05, 0) is 68.1 Å². The molecule has 1 aromatic heterocycles. The number of aryl methyl sites for hydroxylation is 1. The molecule has 1 aliphatic rings. The summed E-state index contributed by atoms with van der Waals surface area (Å²) in [6, 6.07) is 11.0. The lowest BCUT2D eigenvalue weighted by molar-refractivity contribution is 0.262. The molecule has 1 aliphatic heterocycles. The maximum Gasteiger partial charge on any atom is 0.324 e. The van der Waals surface area contributed by atoms with Crippen LogP contribution in [0.5, 0.6) is 0 Å². The molecule has 126 valence electrons. The first kappa shape index (κ1) is 16.7. The monoisotopic (exact) mass is 344 g/mol. The number of halogens is 1. The zero-order valence-electron chi connectivity index (χ0n) is 13.4. The van der Waals surface area contributed by atoms with Crippen LogP contribution in [0.1, 0.15) is 18.4 Å². The van der Waals surface area contributed by atoms with Crippen molar-refractivity contribution in [3.05, 3.63) is 53.2 Å². The van der Waals surface area contributed by atoms with Crippen LogP contribution in [0.3, 0.4) is 0 Å². The fourth-order valence-electron chi connectivity index (χ4n) is 2.81. The second-order valence-electron chi connectivity index (χ2n) is 6.04. The Morgan fingerprint density at radius 3 is 2.71 bits per heavy atom. The van der Waals surface area contributed by atoms with Crippen LogP contribution in [-0.4, -0.2) is 24.1 Å². The fourth-order valence-corrected chi connectivity index (χ4v) is 2.93. The average Bonchev–Trinajstić information content (AvgIpc) is 3.10. The first-order valence-corrected chi connectivity index (χ1v) is 8.56. The Morgan fingerprint density at radius 2 is 2.04 bits per heavy atom. The number of aromatic nitrogens is 1. The molecule has 5 nitrogen and oxygen atoms in total. The minimum atomic E-state index is -0.324. The molecule has 2 aromatic rings. The number of anilines is 2. The van der Waals surface area contributed by atoms with E-state index >= 15 is 0 Å². The van der Waals surface area contributed by atoms with Gasteiger partial charge in [0.15, 0.2) is 0 Å². The Morgan fingerprint density at radius 1 is 1.21 bits per heavy atom. The Labute approximate surface area is 146 Å². The third-order valence-corrected chi connectivity index (χ3v) is 4.41. The summed E-state index contributed by atoms with van der Waals surface area (Å²) in [5, 5.41) is 9.39. The normalized spacial score (nSPS) is 16.8. The number of carbonyl (C=O) groups excluding carboxylic acids is 1. The second kappa shape index (κ2) is 8.13. The number of nitrogens with one attached hydrogen (secondary N) is 3. The molecule has 0 spiro atoms. The van der Waals surface area contributed by atoms with E-state index in [1.165, 1.54) is 24.6 Å². The van der Waals surface area contributed by atoms with Crippen molar-refractivity contribution in [1.29, 1.82) is 0 Å². The van der Waals surface area contributed by atoms with Crippen LogP contribution < -0.4 is 16.0 Å². The zero-order valence-corrected chi connectivity index (χ0v) is 14.1. The van der Waals surface area contributed by atoms with E-state index in [9.17, 15) is 4.79 Å². The lowest BCUT2D eigenvalue weighted by atomic mass is 9.99. The number of amides is 2. The van der Waals surface area contributed by atoms with Gasteiger partial charge < -0.3 is 10.6 Å². The van der Waals surface area contributed by atoms with E-state index in [1.54, 1.807) is 12.1 Å². The molecule has 0 bridgehead atoms. The molecule has 1 fully saturated rings. The van der Waals surface area contributed by atoms with Crippen molar-refractivity contribution in [2.45, 2.75) is 19.3 Å². The van der Waals surface area contributed by atoms with Crippen LogP contribution in [0.4, 0.5) is 16.3 Å². The maximum atomic E-state index is 11.9. The minimum absolute atomic E-state index is 0.324. The number of hydrogen-bond acceptors (Lipinski definition) is 3. The lowest BCUT2D eigenvalue weighted by Crippen LogP contribution is -2.19. The van der Waals surface area contributed by atoms with E-state index in [0.29, 0.717) is 10.8 Å². The van der Waals surface area contributed by atoms with E-state index < -0.39 is 0 Å². The van der Waals surface area contributed by atoms with Gasteiger partial charge in [0, 0.05) is 11.9 Å². The van der Waals surface area contributed by atoms with Crippen molar-refractivity contribution in [3.63, 3.8) is 0 Å². The quantitative estimate of drug-likeness (QED) is 0.770. The number of rotatable bonds is 5. The van der Waals surface area contributed by atoms with Gasteiger partial charge in [0.25, 0.3) is 0 Å². The zero-order chi connectivity index (χ0) is 16.8. The summed E-state index contributed by atoms with van der Waals surface area (Å²) < 4.78 is 0. The van der Waals surface area contributed by atoms with Crippen LogP contribution in [0.15, 0.2) is 42.6 Å². The highest BCUT2D eigenvalue weighted by atomic mass is 35.5. The highest BCUT2D eigenvalue weighted by molar-refractivity contribution is 6.30. The standard InChI is InChI=1S/C18H21ClN4O/c19-15-5-8-17(21-12-15)23-18(24)22-16-6-3-13(4-7-16)1-2-14-9-10-20-11-14/h3-8,12,14,20H,1-2,9-11H2,(H2,21,22,23,24)/t14-/m0/s1. The molecule has 2 heterocycles. The van der Waals surface area contributed by atoms with Crippen molar-refractivity contribution >= 4 is 29.1 Å². The van der Waals surface area contributed by atoms with Gasteiger partial charge in [-0.2, -0.15) is 0 Å². The summed E-state index contributed by atoms with van der Waals surface area (Å²) in [6.45, 7) is 2.28. The van der Waals surface area contributed by atoms with Crippen LogP contribution in [0.2, 0.25) is 5.02 Å². The average molecular weight is 345 g/mol. The first-order valence-electron chi connectivity index (χ1n) is 8.18. The van der Waals surface area contributed by atoms with Crippen molar-refractivity contribution in [2.24, 2.45) is 5.92 Å². The molecule has 1 aromatic carbocycles. The smallest absolute Gasteiger partial charge is 0.316 e. The van der Waals surface area contributed by atoms with Crippen molar-refractivity contribution in [2.75, 3.05) is 23.7 Å². The van der Waals surface area contributed by atoms with Crippen molar-refractivity contribution in [3.8, 4) is 0 Å². The third-order valence-electron chi connectivity index (χ3n) is 4.18. The number of nitrogens with zero attached hydrogens (tertiary/aromatic N) is 1. The Hall–Kier alpha value is -2.11. The predicted octanol–water partition coefficient (Wildman–Crippen LogP) is 3.92. The molecule has 24 heavy (non-hydrogen) atoms. The van der Waals surface area contributed by atoms with Gasteiger partial charge in [0.1, 0.15) is 5.82 Å². The fraction of sp³-hybridized carbons (Fsp3) is 0.333. The number of benzene rings is 1. The molecule has 3 N–H and O–H groups in total. The van der Waals surface area contributed by atoms with Crippen LogP contribution >= 0.6 is 11.6 Å². The lowest BCUT2D eigenvalue weighted by Gasteiger charge is -2.10. The Kier molecular flexibility index (Phi) is 5.67. The first-order chi connectivity index (χ1) is 11.7. The number of pyridine rings is 1. The van der Waals surface area contributed by atoms with E-state index in [2.05, 4.69) is 33.1 Å². The number of hydrogen-bond donors (Lipinski definition) is 3. The van der Waals surface area contributed by atoms with Crippen LogP contribution in [0.25, 0.3) is 0 Å². The second-order valence-corrected chi connectivity index (χ2v) is 6.47. The minimum Gasteiger partial charge on any atom is -0.316 e. The molecule has 1 atom stereocenters. The predicted molar refractivity (Wildman–Crippen MR) is 97.6 cm³/mol. The van der Waals surface area contributed by atoms with E-state index in [-0.39, 0.29) is 6.03 Å². The van der Waals surface area contributed by atoms with Gasteiger partial charge in [0.05, 0.1) is 5.02 Å². The van der Waals surface area contributed by atoms with Gasteiger partial charge in [-0.25, -0.2) is 9.78 Å². The molecule has 0 unspecified atom stereocenters. The molecule has 3 rings (SSSR count). The molecule has 2 amide bonds. The largest absolute Gasteiger partial charge is 0.324 e. The van der Waals surface area contributed by atoms with Gasteiger partial charge in [0.2, 0.25) is 0 Å². The molecule has 0 radical (unpaired) electrons. The van der Waals surface area contributed by atoms with Gasteiger partial charge in [-0.15, -0.1) is 0 Å². The highest BCUT2D eigenvalue weighted by Crippen LogP contribution is 2.17. The van der Waals surface area contributed by atoms with Crippen molar-refractivity contribution < 1.29 is 4.79 Å². The third kappa shape index (κ3) is 4.94. The molecule has 0 aliphatic carbocycles. The summed E-state index contributed by atoms with van der Waals surface area (Å²) in [5.41, 5.74) is 2.06. The molecule has 0 saturated carbocycles. The molecular weight excluding hydrogens is 324 g/mol. The summed E-state index contributed by atoms with van der Waals surface area (Å²) in [6.07, 6.45) is 5.06. The van der Waals surface area contributed by atoms with E-state index in [1.807, 2.05) is 12.1 Å². The SMILES string of the molecule is O=C(Nc1ccc(CC[C@H]2CCNC2)cc1)Nc1ccc(Cl)cn1. The number of urea groups is 1. The van der Waals surface area contributed by atoms with E-state index in [4.69, 9.17) is 11.6 Å². The maximum absolute atomic E-state index is 11.9. The van der Waals surface area contributed by atoms with Crippen LogP contribution in [-0.2, 0) is 6.42 Å². The molecule has 6 heteroatoms. The Balaban J connectivity index is 1.47. The highest BCUT2D eigenvalue weighted by Gasteiger charge is 2.13. The summed E-state index contributed by atoms with van der Waals surface area (Å²) >= 11 is 5.77. The summed E-state index contributed by atoms with van der Waals surface area (Å²) in [5.74, 6) is 1.25. The Bertz CT molecular complexity index is 666. The van der Waals surface area contributed by atoms with E-state index in [0.717, 1.165) is 31.1 Å². The topological polar surface area (TPSA) is 66.1 Å². The summed E-state index contributed by atoms with van der Waals surface area (Å²) in [7, 11) is 0. The van der Waals surface area contributed by atoms with Gasteiger partial charge in [-0.1, -0.05) is 23.7 Å².